The lowest BCUT2D eigenvalue weighted by molar-refractivity contribution is 0.448. The van der Waals surface area contributed by atoms with Gasteiger partial charge in [0.05, 0.1) is 6.20 Å². The van der Waals surface area contributed by atoms with Crippen molar-refractivity contribution >= 4 is 0 Å². The van der Waals surface area contributed by atoms with E-state index in [1.165, 1.54) is 31.2 Å². The second kappa shape index (κ2) is 4.58. The van der Waals surface area contributed by atoms with E-state index in [2.05, 4.69) is 29.8 Å². The van der Waals surface area contributed by atoms with Crippen molar-refractivity contribution in [2.75, 3.05) is 6.54 Å². The van der Waals surface area contributed by atoms with Crippen LogP contribution in [0.3, 0.4) is 0 Å². The van der Waals surface area contributed by atoms with Gasteiger partial charge in [-0.25, -0.2) is 0 Å². The van der Waals surface area contributed by atoms with Crippen LogP contribution in [0.25, 0.3) is 0 Å². The van der Waals surface area contributed by atoms with Gasteiger partial charge in [-0.3, -0.25) is 4.68 Å². The first-order valence-corrected chi connectivity index (χ1v) is 6.39. The molecular weight excluding hydrogens is 198 g/mol. The molecule has 0 spiro atoms. The van der Waals surface area contributed by atoms with Gasteiger partial charge in [0.2, 0.25) is 0 Å². The van der Waals surface area contributed by atoms with Crippen LogP contribution in [-0.4, -0.2) is 16.3 Å². The first-order valence-electron chi connectivity index (χ1n) is 6.39. The normalized spacial score (nSPS) is 19.5. The van der Waals surface area contributed by atoms with Gasteiger partial charge in [-0.2, -0.15) is 5.10 Å². The lowest BCUT2D eigenvalue weighted by Gasteiger charge is -2.25. The maximum atomic E-state index is 5.97. The summed E-state index contributed by atoms with van der Waals surface area (Å²) >= 11 is 0. The average Bonchev–Trinajstić information content (AvgIpc) is 2.85. The Balaban J connectivity index is 2.16. The van der Waals surface area contributed by atoms with E-state index >= 15 is 0 Å². The fourth-order valence-corrected chi connectivity index (χ4v) is 2.77. The zero-order chi connectivity index (χ0) is 11.6. The summed E-state index contributed by atoms with van der Waals surface area (Å²) in [5.74, 6) is 0.644. The third kappa shape index (κ3) is 2.14. The predicted octanol–water partition coefficient (Wildman–Crippen LogP) is 2.31. The van der Waals surface area contributed by atoms with Gasteiger partial charge in [-0.15, -0.1) is 0 Å². The molecule has 0 atom stereocenters. The summed E-state index contributed by atoms with van der Waals surface area (Å²) in [6.07, 6.45) is 9.33. The molecular formula is C13H23N3. The molecule has 0 aliphatic heterocycles. The third-order valence-electron chi connectivity index (χ3n) is 3.75. The summed E-state index contributed by atoms with van der Waals surface area (Å²) in [4.78, 5) is 0. The van der Waals surface area contributed by atoms with E-state index in [4.69, 9.17) is 5.73 Å². The number of hydrogen-bond acceptors (Lipinski definition) is 2. The molecule has 0 aromatic carbocycles. The summed E-state index contributed by atoms with van der Waals surface area (Å²) in [6.45, 7) is 6.20. The van der Waals surface area contributed by atoms with Crippen LogP contribution in [0.2, 0.25) is 0 Å². The highest BCUT2D eigenvalue weighted by Crippen LogP contribution is 2.39. The molecule has 0 saturated heterocycles. The largest absolute Gasteiger partial charge is 0.330 e. The molecule has 2 N–H and O–H groups in total. The van der Waals surface area contributed by atoms with Crippen molar-refractivity contribution in [3.05, 3.63) is 18.0 Å². The topological polar surface area (TPSA) is 43.8 Å². The lowest BCUT2D eigenvalue weighted by atomic mass is 9.81. The van der Waals surface area contributed by atoms with E-state index < -0.39 is 0 Å². The first kappa shape index (κ1) is 11.6. The fraction of sp³-hybridized carbons (Fsp3) is 0.769. The summed E-state index contributed by atoms with van der Waals surface area (Å²) < 4.78 is 2.07. The fourth-order valence-electron chi connectivity index (χ4n) is 2.77. The minimum atomic E-state index is 0.231. The van der Waals surface area contributed by atoms with Crippen LogP contribution in [0.15, 0.2) is 12.4 Å². The van der Waals surface area contributed by atoms with E-state index in [9.17, 15) is 0 Å². The Morgan fingerprint density at radius 3 is 2.69 bits per heavy atom. The molecule has 1 fully saturated rings. The molecule has 0 amide bonds. The zero-order valence-corrected chi connectivity index (χ0v) is 10.4. The molecule has 1 aliphatic rings. The van der Waals surface area contributed by atoms with Crippen LogP contribution in [0, 0.1) is 5.92 Å². The number of nitrogens with two attached hydrogens (primary N) is 1. The molecule has 0 unspecified atom stereocenters. The molecule has 0 radical (unpaired) electrons. The third-order valence-corrected chi connectivity index (χ3v) is 3.75. The van der Waals surface area contributed by atoms with Gasteiger partial charge < -0.3 is 5.73 Å². The molecule has 1 saturated carbocycles. The monoisotopic (exact) mass is 221 g/mol. The zero-order valence-electron chi connectivity index (χ0n) is 10.4. The van der Waals surface area contributed by atoms with Gasteiger partial charge in [0.25, 0.3) is 0 Å². The minimum Gasteiger partial charge on any atom is -0.330 e. The van der Waals surface area contributed by atoms with E-state index in [1.54, 1.807) is 0 Å². The van der Waals surface area contributed by atoms with Crippen LogP contribution in [0.4, 0.5) is 0 Å². The molecule has 1 aliphatic carbocycles. The summed E-state index contributed by atoms with van der Waals surface area (Å²) in [7, 11) is 0. The van der Waals surface area contributed by atoms with Gasteiger partial charge >= 0.3 is 0 Å². The standard InChI is InChI=1S/C13H23N3/c1-11(2)8-16-9-12(7-15-16)13(10-14)5-3-4-6-13/h7,9,11H,3-6,8,10,14H2,1-2H3. The molecule has 1 heterocycles. The molecule has 90 valence electrons. The van der Waals surface area contributed by atoms with E-state index in [-0.39, 0.29) is 5.41 Å². The van der Waals surface area contributed by atoms with Crippen LogP contribution in [0.5, 0.6) is 0 Å². The highest BCUT2D eigenvalue weighted by atomic mass is 15.3. The Hall–Kier alpha value is -0.830. The lowest BCUT2D eigenvalue weighted by Crippen LogP contribution is -2.31. The number of nitrogens with zero attached hydrogens (tertiary/aromatic N) is 2. The molecule has 3 heteroatoms. The second-order valence-electron chi connectivity index (χ2n) is 5.54. The van der Waals surface area contributed by atoms with Gasteiger partial charge in [-0.1, -0.05) is 26.7 Å². The maximum Gasteiger partial charge on any atom is 0.0527 e. The van der Waals surface area contributed by atoms with Crippen molar-refractivity contribution in [3.8, 4) is 0 Å². The molecule has 2 rings (SSSR count). The highest BCUT2D eigenvalue weighted by Gasteiger charge is 2.35. The van der Waals surface area contributed by atoms with Gasteiger partial charge in [0.15, 0.2) is 0 Å². The first-order chi connectivity index (χ1) is 7.66. The smallest absolute Gasteiger partial charge is 0.0527 e. The molecule has 3 nitrogen and oxygen atoms in total. The van der Waals surface area contributed by atoms with Crippen LogP contribution >= 0.6 is 0 Å². The molecule has 1 aromatic heterocycles. The number of aromatic nitrogens is 2. The van der Waals surface area contributed by atoms with E-state index in [0.29, 0.717) is 5.92 Å². The molecule has 0 bridgehead atoms. The van der Waals surface area contributed by atoms with Gasteiger partial charge in [0.1, 0.15) is 0 Å². The van der Waals surface area contributed by atoms with E-state index in [1.807, 2.05) is 6.20 Å². The summed E-state index contributed by atoms with van der Waals surface area (Å²) in [6, 6.07) is 0. The van der Waals surface area contributed by atoms with Crippen molar-refractivity contribution < 1.29 is 0 Å². The Kier molecular flexibility index (Phi) is 3.33. The molecule has 16 heavy (non-hydrogen) atoms. The SMILES string of the molecule is CC(C)Cn1cc(C2(CN)CCCC2)cn1. The Morgan fingerprint density at radius 2 is 2.12 bits per heavy atom. The number of rotatable bonds is 4. The Labute approximate surface area is 98.0 Å². The Morgan fingerprint density at radius 1 is 1.44 bits per heavy atom. The van der Waals surface area contributed by atoms with Crippen LogP contribution < -0.4 is 5.73 Å². The van der Waals surface area contributed by atoms with Crippen molar-refractivity contribution in [1.29, 1.82) is 0 Å². The predicted molar refractivity (Wildman–Crippen MR) is 66.3 cm³/mol. The second-order valence-corrected chi connectivity index (χ2v) is 5.54. The minimum absolute atomic E-state index is 0.231. The van der Waals surface area contributed by atoms with E-state index in [0.717, 1.165) is 13.1 Å². The maximum absolute atomic E-state index is 5.97. The number of hydrogen-bond donors (Lipinski definition) is 1. The summed E-state index contributed by atoms with van der Waals surface area (Å²) in [5.41, 5.74) is 7.56. The van der Waals surface area contributed by atoms with Crippen molar-refractivity contribution in [2.24, 2.45) is 11.7 Å². The Bertz CT molecular complexity index is 335. The van der Waals surface area contributed by atoms with Gasteiger partial charge in [0, 0.05) is 24.7 Å². The average molecular weight is 221 g/mol. The van der Waals surface area contributed by atoms with Crippen LogP contribution in [-0.2, 0) is 12.0 Å². The van der Waals surface area contributed by atoms with Crippen molar-refractivity contribution in [2.45, 2.75) is 51.5 Å². The van der Waals surface area contributed by atoms with Gasteiger partial charge in [-0.05, 0) is 24.3 Å². The van der Waals surface area contributed by atoms with Crippen molar-refractivity contribution in [3.63, 3.8) is 0 Å². The summed E-state index contributed by atoms with van der Waals surface area (Å²) in [5, 5.41) is 4.46. The quantitative estimate of drug-likeness (QED) is 0.848. The van der Waals surface area contributed by atoms with Crippen molar-refractivity contribution in [1.82, 2.24) is 9.78 Å². The van der Waals surface area contributed by atoms with Crippen LogP contribution in [0.1, 0.15) is 45.1 Å². The molecule has 1 aromatic rings. The highest BCUT2D eigenvalue weighted by molar-refractivity contribution is 5.22.